The summed E-state index contributed by atoms with van der Waals surface area (Å²) >= 11 is 0. The summed E-state index contributed by atoms with van der Waals surface area (Å²) in [5.74, 6) is -1.24. The number of quaternary nitrogens is 1. The van der Waals surface area contributed by atoms with Gasteiger partial charge >= 0.3 is 0 Å². The van der Waals surface area contributed by atoms with E-state index in [1.165, 1.54) is 6.20 Å². The van der Waals surface area contributed by atoms with Crippen molar-refractivity contribution < 1.29 is 24.7 Å². The molecule has 1 aromatic carbocycles. The minimum atomic E-state index is -0.597. The molecule has 3 N–H and O–H groups in total. The van der Waals surface area contributed by atoms with Gasteiger partial charge in [0.1, 0.15) is 6.20 Å². The van der Waals surface area contributed by atoms with E-state index >= 15 is 0 Å². The van der Waals surface area contributed by atoms with E-state index in [1.54, 1.807) is 40.3 Å². The van der Waals surface area contributed by atoms with Crippen LogP contribution in [0.2, 0.25) is 0 Å². The third-order valence-corrected chi connectivity index (χ3v) is 5.82. The standard InChI is InChI=1S/C22H24N4O4/c1-2-16-14-24(21(28)15-7-4-3-5-8-15)11-12-25(16)22(29)19(27)18-13-23-20-17(18)9-6-10-26(20)30/h3-10,13,16,20,23,30H,2,11-12,14H2,1H3/p+1. The first-order valence-corrected chi connectivity index (χ1v) is 10.1. The second-order valence-electron chi connectivity index (χ2n) is 7.57. The average Bonchev–Trinajstić information content (AvgIpc) is 3.23. The number of hydroxylamine groups is 2. The van der Waals surface area contributed by atoms with Crippen LogP contribution >= 0.6 is 0 Å². The summed E-state index contributed by atoms with van der Waals surface area (Å²) in [7, 11) is 0. The van der Waals surface area contributed by atoms with E-state index < -0.39 is 17.9 Å². The van der Waals surface area contributed by atoms with Gasteiger partial charge in [0.05, 0.1) is 5.57 Å². The number of nitrogens with zero attached hydrogens (tertiary/aromatic N) is 2. The van der Waals surface area contributed by atoms with Gasteiger partial charge in [-0.25, -0.2) is 5.21 Å². The topological polar surface area (TPSA) is 94.4 Å². The van der Waals surface area contributed by atoms with Crippen molar-refractivity contribution in [1.82, 2.24) is 15.1 Å². The van der Waals surface area contributed by atoms with Crippen molar-refractivity contribution in [3.05, 3.63) is 71.6 Å². The van der Waals surface area contributed by atoms with Crippen LogP contribution in [0.3, 0.4) is 0 Å². The van der Waals surface area contributed by atoms with Crippen molar-refractivity contribution in [3.63, 3.8) is 0 Å². The number of benzene rings is 1. The fourth-order valence-electron chi connectivity index (χ4n) is 4.13. The second kappa shape index (κ2) is 8.25. The van der Waals surface area contributed by atoms with Crippen molar-refractivity contribution in [3.8, 4) is 0 Å². The van der Waals surface area contributed by atoms with Gasteiger partial charge < -0.3 is 15.1 Å². The van der Waals surface area contributed by atoms with Gasteiger partial charge in [-0.3, -0.25) is 14.4 Å². The van der Waals surface area contributed by atoms with Crippen LogP contribution in [0.5, 0.6) is 0 Å². The molecule has 3 unspecified atom stereocenters. The predicted octanol–water partition coefficient (Wildman–Crippen LogP) is -0.140. The Morgan fingerprint density at radius 1 is 1.20 bits per heavy atom. The molecule has 3 atom stereocenters. The number of allylic oxidation sites excluding steroid dienone is 2. The Morgan fingerprint density at radius 3 is 2.70 bits per heavy atom. The molecule has 0 aliphatic carbocycles. The largest absolute Gasteiger partial charge is 0.336 e. The van der Waals surface area contributed by atoms with Crippen LogP contribution in [0.4, 0.5) is 0 Å². The van der Waals surface area contributed by atoms with Gasteiger partial charge in [-0.15, -0.1) is 5.06 Å². The number of Topliss-reactive ketones (excluding diaryl/α,β-unsaturated/α-hetero) is 1. The first-order chi connectivity index (χ1) is 14.5. The number of nitrogens with one attached hydrogen (secondary N) is 2. The first-order valence-electron chi connectivity index (χ1n) is 10.1. The minimum absolute atomic E-state index is 0.0665. The number of hydrogen-bond acceptors (Lipinski definition) is 5. The maximum atomic E-state index is 13.0. The normalized spacial score (nSPS) is 25.2. The van der Waals surface area contributed by atoms with Crippen LogP contribution in [0.1, 0.15) is 23.7 Å². The summed E-state index contributed by atoms with van der Waals surface area (Å²) < 4.78 is 0. The predicted molar refractivity (Wildman–Crippen MR) is 108 cm³/mol. The third kappa shape index (κ3) is 3.55. The number of hydrogen-bond donors (Lipinski definition) is 3. The van der Waals surface area contributed by atoms with Crippen molar-refractivity contribution in [2.75, 3.05) is 19.6 Å². The first kappa shape index (κ1) is 20.1. The molecule has 0 bridgehead atoms. The molecule has 8 heteroatoms. The monoisotopic (exact) mass is 409 g/mol. The highest BCUT2D eigenvalue weighted by molar-refractivity contribution is 6.44. The number of carbonyl (C=O) groups is 3. The Kier molecular flexibility index (Phi) is 5.52. The van der Waals surface area contributed by atoms with Crippen LogP contribution in [-0.2, 0) is 9.59 Å². The van der Waals surface area contributed by atoms with Crippen LogP contribution < -0.4 is 10.4 Å². The van der Waals surface area contributed by atoms with Crippen LogP contribution in [-0.4, -0.2) is 64.4 Å². The Balaban J connectivity index is 1.46. The van der Waals surface area contributed by atoms with Crippen LogP contribution in [0.15, 0.2) is 66.0 Å². The molecule has 156 valence electrons. The van der Waals surface area contributed by atoms with Crippen molar-refractivity contribution in [1.29, 1.82) is 0 Å². The second-order valence-corrected chi connectivity index (χ2v) is 7.57. The number of piperazine rings is 1. The van der Waals surface area contributed by atoms with Gasteiger partial charge in [-0.05, 0) is 30.7 Å². The molecule has 0 radical (unpaired) electrons. The fraction of sp³-hybridized carbons (Fsp3) is 0.318. The Bertz CT molecular complexity index is 953. The lowest BCUT2D eigenvalue weighted by Crippen LogP contribution is -3.11. The minimum Gasteiger partial charge on any atom is -0.336 e. The fourth-order valence-corrected chi connectivity index (χ4v) is 4.13. The molecule has 0 aromatic heterocycles. The number of fused-ring (bicyclic) bond motifs is 1. The summed E-state index contributed by atoms with van der Waals surface area (Å²) in [4.78, 5) is 42.1. The van der Waals surface area contributed by atoms with Gasteiger partial charge in [0.25, 0.3) is 17.6 Å². The molecule has 1 aromatic rings. The zero-order valence-corrected chi connectivity index (χ0v) is 16.7. The number of rotatable bonds is 4. The molecule has 4 rings (SSSR count). The lowest BCUT2D eigenvalue weighted by atomic mass is 9.99. The molecule has 2 amide bonds. The van der Waals surface area contributed by atoms with Gasteiger partial charge in [-0.1, -0.05) is 25.1 Å². The zero-order chi connectivity index (χ0) is 21.3. The summed E-state index contributed by atoms with van der Waals surface area (Å²) in [6.07, 6.45) is 6.59. The van der Waals surface area contributed by atoms with Gasteiger partial charge in [0, 0.05) is 43.0 Å². The van der Waals surface area contributed by atoms with E-state index in [0.29, 0.717) is 37.2 Å². The molecule has 8 nitrogen and oxygen atoms in total. The summed E-state index contributed by atoms with van der Waals surface area (Å²) in [5.41, 5.74) is 1.49. The molecular weight excluding hydrogens is 384 g/mol. The van der Waals surface area contributed by atoms with Crippen LogP contribution in [0.25, 0.3) is 0 Å². The smallest absolute Gasteiger partial charge is 0.295 e. The lowest BCUT2D eigenvalue weighted by Gasteiger charge is -2.41. The SMILES string of the molecule is CCC1CN(C(=O)c2ccccc2)CCN1C(=O)C(=O)C1=CNC2C1=CC=C[NH+]2O. The lowest BCUT2D eigenvalue weighted by molar-refractivity contribution is -1.06. The molecule has 1 fully saturated rings. The highest BCUT2D eigenvalue weighted by atomic mass is 16.5. The number of amides is 2. The summed E-state index contributed by atoms with van der Waals surface area (Å²) in [6, 6.07) is 8.83. The summed E-state index contributed by atoms with van der Waals surface area (Å²) in [5, 5.41) is 13.0. The Morgan fingerprint density at radius 2 is 1.97 bits per heavy atom. The van der Waals surface area contributed by atoms with Gasteiger partial charge in [-0.2, -0.15) is 0 Å². The molecule has 0 spiro atoms. The highest BCUT2D eigenvalue weighted by Crippen LogP contribution is 2.23. The quantitative estimate of drug-likeness (QED) is 0.602. The summed E-state index contributed by atoms with van der Waals surface area (Å²) in [6.45, 7) is 3.02. The highest BCUT2D eigenvalue weighted by Gasteiger charge is 2.41. The molecule has 3 heterocycles. The van der Waals surface area contributed by atoms with E-state index in [4.69, 9.17) is 0 Å². The molecule has 3 aliphatic heterocycles. The van der Waals surface area contributed by atoms with Gasteiger partial charge in [0.15, 0.2) is 0 Å². The van der Waals surface area contributed by atoms with Gasteiger partial charge in [0.2, 0.25) is 6.17 Å². The number of carbonyl (C=O) groups excluding carboxylic acids is 3. The Hall–Kier alpha value is -3.23. The van der Waals surface area contributed by atoms with E-state index in [1.807, 2.05) is 25.1 Å². The maximum Gasteiger partial charge on any atom is 0.295 e. The molecular formula is C22H25N4O4+. The van der Waals surface area contributed by atoms with Crippen molar-refractivity contribution >= 4 is 17.6 Å². The molecule has 0 saturated carbocycles. The zero-order valence-electron chi connectivity index (χ0n) is 16.7. The third-order valence-electron chi connectivity index (χ3n) is 5.82. The van der Waals surface area contributed by atoms with E-state index in [2.05, 4.69) is 5.32 Å². The van der Waals surface area contributed by atoms with E-state index in [-0.39, 0.29) is 22.6 Å². The Labute approximate surface area is 174 Å². The molecule has 3 aliphatic rings. The van der Waals surface area contributed by atoms with Crippen molar-refractivity contribution in [2.24, 2.45) is 0 Å². The maximum absolute atomic E-state index is 13.0. The van der Waals surface area contributed by atoms with E-state index in [9.17, 15) is 19.6 Å². The molecule has 1 saturated heterocycles. The van der Waals surface area contributed by atoms with Crippen molar-refractivity contribution in [2.45, 2.75) is 25.6 Å². The molecule has 30 heavy (non-hydrogen) atoms. The van der Waals surface area contributed by atoms with Crippen LogP contribution in [0, 0.1) is 0 Å². The van der Waals surface area contributed by atoms with E-state index in [0.717, 1.165) is 0 Å². The average molecular weight is 409 g/mol. The number of ketones is 1.